The van der Waals surface area contributed by atoms with Crippen LogP contribution in [0, 0.1) is 0 Å². The van der Waals surface area contributed by atoms with Gasteiger partial charge in [-0.25, -0.2) is 4.79 Å². The van der Waals surface area contributed by atoms with E-state index in [1.165, 1.54) is 7.11 Å². The summed E-state index contributed by atoms with van der Waals surface area (Å²) in [5.74, 6) is -0.415. The highest BCUT2D eigenvalue weighted by atomic mass is 16.5. The Morgan fingerprint density at radius 1 is 1.17 bits per heavy atom. The average molecular weight is 328 g/mol. The molecule has 3 rings (SSSR count). The van der Waals surface area contributed by atoms with Crippen molar-refractivity contribution in [2.24, 2.45) is 0 Å². The van der Waals surface area contributed by atoms with E-state index < -0.39 is 5.54 Å². The molecule has 1 fully saturated rings. The van der Waals surface area contributed by atoms with Crippen LogP contribution in [-0.4, -0.2) is 29.1 Å². The van der Waals surface area contributed by atoms with Crippen LogP contribution in [0.2, 0.25) is 0 Å². The molecular formula is C19H24N2O3. The summed E-state index contributed by atoms with van der Waals surface area (Å²) >= 11 is 0. The van der Waals surface area contributed by atoms with Gasteiger partial charge in [-0.3, -0.25) is 4.79 Å². The molecule has 0 radical (unpaired) electrons. The van der Waals surface area contributed by atoms with Gasteiger partial charge in [-0.1, -0.05) is 37.5 Å². The zero-order valence-corrected chi connectivity index (χ0v) is 14.1. The van der Waals surface area contributed by atoms with E-state index in [4.69, 9.17) is 4.74 Å². The summed E-state index contributed by atoms with van der Waals surface area (Å²) in [7, 11) is 1.39. The molecule has 0 saturated heterocycles. The highest BCUT2D eigenvalue weighted by molar-refractivity contribution is 5.88. The first-order valence-corrected chi connectivity index (χ1v) is 8.58. The molecule has 1 aromatic heterocycles. The molecule has 0 unspecified atom stereocenters. The van der Waals surface area contributed by atoms with Crippen molar-refractivity contribution in [1.29, 1.82) is 0 Å². The number of esters is 1. The van der Waals surface area contributed by atoms with Crippen LogP contribution in [0.3, 0.4) is 0 Å². The molecule has 128 valence electrons. The van der Waals surface area contributed by atoms with Gasteiger partial charge >= 0.3 is 5.97 Å². The highest BCUT2D eigenvalue weighted by Crippen LogP contribution is 2.29. The number of para-hydroxylation sites is 1. The summed E-state index contributed by atoms with van der Waals surface area (Å²) in [5, 5.41) is 4.13. The van der Waals surface area contributed by atoms with Crippen LogP contribution in [0.4, 0.5) is 0 Å². The van der Waals surface area contributed by atoms with Crippen molar-refractivity contribution in [3.63, 3.8) is 0 Å². The minimum atomic E-state index is -0.831. The van der Waals surface area contributed by atoms with Crippen LogP contribution in [-0.2, 0) is 20.9 Å². The highest BCUT2D eigenvalue weighted by Gasteiger charge is 2.41. The number of nitrogens with one attached hydrogen (secondary N) is 1. The third-order valence-corrected chi connectivity index (χ3v) is 4.92. The van der Waals surface area contributed by atoms with Crippen molar-refractivity contribution < 1.29 is 14.3 Å². The van der Waals surface area contributed by atoms with Crippen molar-refractivity contribution in [2.45, 2.75) is 50.6 Å². The fourth-order valence-electron chi connectivity index (χ4n) is 3.62. The van der Waals surface area contributed by atoms with Crippen LogP contribution in [0.15, 0.2) is 36.5 Å². The number of aryl methyl sites for hydroxylation is 1. The zero-order chi connectivity index (χ0) is 17.0. The predicted molar refractivity (Wildman–Crippen MR) is 92.5 cm³/mol. The molecule has 1 N–H and O–H groups in total. The molecule has 1 aromatic carbocycles. The molecule has 0 spiro atoms. The lowest BCUT2D eigenvalue weighted by molar-refractivity contribution is -0.152. The summed E-state index contributed by atoms with van der Waals surface area (Å²) in [6, 6.07) is 10.1. The van der Waals surface area contributed by atoms with E-state index in [0.717, 1.165) is 30.2 Å². The van der Waals surface area contributed by atoms with Crippen LogP contribution >= 0.6 is 0 Å². The quantitative estimate of drug-likeness (QED) is 0.858. The van der Waals surface area contributed by atoms with Gasteiger partial charge in [0.25, 0.3) is 0 Å². The van der Waals surface area contributed by atoms with Gasteiger partial charge < -0.3 is 14.6 Å². The number of methoxy groups -OCH3 is 1. The van der Waals surface area contributed by atoms with E-state index >= 15 is 0 Å². The third-order valence-electron chi connectivity index (χ3n) is 4.92. The van der Waals surface area contributed by atoms with Crippen LogP contribution in [0.5, 0.6) is 0 Å². The molecule has 0 atom stereocenters. The minimum absolute atomic E-state index is 0.0971. The van der Waals surface area contributed by atoms with E-state index in [0.29, 0.717) is 25.8 Å². The first kappa shape index (κ1) is 16.6. The number of aromatic nitrogens is 1. The van der Waals surface area contributed by atoms with Crippen molar-refractivity contribution >= 4 is 22.8 Å². The smallest absolute Gasteiger partial charge is 0.331 e. The molecule has 0 aliphatic heterocycles. The van der Waals surface area contributed by atoms with Gasteiger partial charge in [0.15, 0.2) is 0 Å². The molecule has 1 aliphatic rings. The first-order valence-electron chi connectivity index (χ1n) is 8.58. The second-order valence-electron chi connectivity index (χ2n) is 6.50. The number of amides is 1. The molecule has 1 saturated carbocycles. The molecule has 24 heavy (non-hydrogen) atoms. The Morgan fingerprint density at radius 2 is 1.92 bits per heavy atom. The number of carbonyl (C=O) groups is 2. The Morgan fingerprint density at radius 3 is 2.67 bits per heavy atom. The maximum atomic E-state index is 12.4. The summed E-state index contributed by atoms with van der Waals surface area (Å²) < 4.78 is 7.01. The van der Waals surface area contributed by atoms with Crippen LogP contribution in [0.25, 0.3) is 10.9 Å². The van der Waals surface area contributed by atoms with E-state index in [1.807, 2.05) is 30.5 Å². The lowest BCUT2D eigenvalue weighted by atomic mass is 9.81. The number of nitrogens with zero attached hydrogens (tertiary/aromatic N) is 1. The number of rotatable bonds is 5. The van der Waals surface area contributed by atoms with Crippen molar-refractivity contribution in [3.05, 3.63) is 36.5 Å². The monoisotopic (exact) mass is 328 g/mol. The molecule has 1 aliphatic carbocycles. The minimum Gasteiger partial charge on any atom is -0.467 e. The lowest BCUT2D eigenvalue weighted by Crippen LogP contribution is -2.56. The molecule has 1 heterocycles. The van der Waals surface area contributed by atoms with E-state index in [-0.39, 0.29) is 11.9 Å². The fraction of sp³-hybridized carbons (Fsp3) is 0.474. The molecule has 0 bridgehead atoms. The van der Waals surface area contributed by atoms with Crippen LogP contribution < -0.4 is 5.32 Å². The van der Waals surface area contributed by atoms with Crippen molar-refractivity contribution in [2.75, 3.05) is 7.11 Å². The van der Waals surface area contributed by atoms with Crippen molar-refractivity contribution in [3.8, 4) is 0 Å². The summed E-state index contributed by atoms with van der Waals surface area (Å²) in [6.45, 7) is 0.594. The van der Waals surface area contributed by atoms with E-state index in [1.54, 1.807) is 0 Å². The zero-order valence-electron chi connectivity index (χ0n) is 14.1. The number of ether oxygens (including phenoxy) is 1. The topological polar surface area (TPSA) is 60.3 Å². The van der Waals surface area contributed by atoms with Gasteiger partial charge in [-0.2, -0.15) is 0 Å². The fourth-order valence-corrected chi connectivity index (χ4v) is 3.62. The maximum Gasteiger partial charge on any atom is 0.331 e. The second-order valence-corrected chi connectivity index (χ2v) is 6.50. The standard InChI is InChI=1S/C19H24N2O3/c1-24-18(23)19(11-5-2-6-12-19)20-17(22)10-14-21-13-9-15-7-3-4-8-16(15)21/h3-4,7-9,13H,2,5-6,10-12,14H2,1H3,(H,20,22). The number of benzene rings is 1. The number of fused-ring (bicyclic) bond motifs is 1. The lowest BCUT2D eigenvalue weighted by Gasteiger charge is -2.35. The summed E-state index contributed by atoms with van der Waals surface area (Å²) in [6.07, 6.45) is 6.65. The third kappa shape index (κ3) is 3.30. The Hall–Kier alpha value is -2.30. The average Bonchev–Trinajstić information content (AvgIpc) is 3.03. The number of hydrogen-bond donors (Lipinski definition) is 1. The largest absolute Gasteiger partial charge is 0.467 e. The van der Waals surface area contributed by atoms with Gasteiger partial charge in [0.2, 0.25) is 5.91 Å². The molecule has 2 aromatic rings. The summed E-state index contributed by atoms with van der Waals surface area (Å²) in [5.41, 5.74) is 0.286. The molecule has 5 heteroatoms. The van der Waals surface area contributed by atoms with Crippen LogP contribution in [0.1, 0.15) is 38.5 Å². The van der Waals surface area contributed by atoms with Gasteiger partial charge in [-0.05, 0) is 30.4 Å². The first-order chi connectivity index (χ1) is 11.6. The van der Waals surface area contributed by atoms with Gasteiger partial charge in [0.1, 0.15) is 5.54 Å². The number of hydrogen-bond acceptors (Lipinski definition) is 3. The summed E-state index contributed by atoms with van der Waals surface area (Å²) in [4.78, 5) is 24.6. The van der Waals surface area contributed by atoms with Gasteiger partial charge in [0, 0.05) is 24.7 Å². The van der Waals surface area contributed by atoms with E-state index in [9.17, 15) is 9.59 Å². The molecular weight excluding hydrogens is 304 g/mol. The normalized spacial score (nSPS) is 16.7. The maximum absolute atomic E-state index is 12.4. The second kappa shape index (κ2) is 7.07. The SMILES string of the molecule is COC(=O)C1(NC(=O)CCn2ccc3ccccc32)CCCCC1. The van der Waals surface area contributed by atoms with E-state index in [2.05, 4.69) is 16.0 Å². The predicted octanol–water partition coefficient (Wildman–Crippen LogP) is 3.02. The van der Waals surface area contributed by atoms with Crippen molar-refractivity contribution in [1.82, 2.24) is 9.88 Å². The molecule has 1 amide bonds. The Balaban J connectivity index is 1.65. The Bertz CT molecular complexity index is 729. The molecule has 5 nitrogen and oxygen atoms in total. The Labute approximate surface area is 142 Å². The van der Waals surface area contributed by atoms with Gasteiger partial charge in [0.05, 0.1) is 7.11 Å². The Kier molecular flexibility index (Phi) is 4.88. The number of carbonyl (C=O) groups excluding carboxylic acids is 2. The van der Waals surface area contributed by atoms with Gasteiger partial charge in [-0.15, -0.1) is 0 Å².